The number of hydrogen-bond acceptors (Lipinski definition) is 3. The molecule has 0 aromatic carbocycles. The maximum absolute atomic E-state index is 4.45. The van der Waals surface area contributed by atoms with Crippen molar-refractivity contribution < 1.29 is 0 Å². The van der Waals surface area contributed by atoms with Gasteiger partial charge in [-0.25, -0.2) is 0 Å². The van der Waals surface area contributed by atoms with E-state index >= 15 is 0 Å². The fraction of sp³-hybridized carbons (Fsp3) is 0.733. The standard InChI is InChI=1S/C15H27N3/c1-5-7-9-14(8-6-2)18-13(4)15-12(3)16-10-11-17-15/h10-11,13-14,18H,5-9H2,1-4H3. The quantitative estimate of drug-likeness (QED) is 0.761. The highest BCUT2D eigenvalue weighted by atomic mass is 15.0. The van der Waals surface area contributed by atoms with Crippen molar-refractivity contribution in [2.45, 2.75) is 71.9 Å². The average Bonchev–Trinajstić information content (AvgIpc) is 2.36. The number of aryl methyl sites for hydroxylation is 1. The van der Waals surface area contributed by atoms with E-state index in [0.29, 0.717) is 6.04 Å². The zero-order valence-corrected chi connectivity index (χ0v) is 12.2. The highest BCUT2D eigenvalue weighted by Crippen LogP contribution is 2.16. The smallest absolute Gasteiger partial charge is 0.0782 e. The van der Waals surface area contributed by atoms with Crippen molar-refractivity contribution in [3.8, 4) is 0 Å². The topological polar surface area (TPSA) is 37.8 Å². The first kappa shape index (κ1) is 15.1. The molecule has 3 nitrogen and oxygen atoms in total. The van der Waals surface area contributed by atoms with Crippen molar-refractivity contribution in [2.24, 2.45) is 0 Å². The van der Waals surface area contributed by atoms with Gasteiger partial charge in [0.25, 0.3) is 0 Å². The molecule has 3 heteroatoms. The van der Waals surface area contributed by atoms with Crippen LogP contribution in [0.5, 0.6) is 0 Å². The molecule has 18 heavy (non-hydrogen) atoms. The minimum absolute atomic E-state index is 0.284. The summed E-state index contributed by atoms with van der Waals surface area (Å²) in [4.78, 5) is 8.76. The molecule has 0 saturated carbocycles. The second-order valence-corrected chi connectivity index (χ2v) is 5.04. The highest BCUT2D eigenvalue weighted by molar-refractivity contribution is 5.12. The SMILES string of the molecule is CCCCC(CCC)NC(C)c1nccnc1C. The molecule has 1 N–H and O–H groups in total. The third-order valence-corrected chi connectivity index (χ3v) is 3.36. The Hall–Kier alpha value is -0.960. The van der Waals surface area contributed by atoms with Crippen LogP contribution < -0.4 is 5.32 Å². The molecular weight excluding hydrogens is 222 g/mol. The molecule has 0 amide bonds. The molecule has 0 radical (unpaired) electrons. The van der Waals surface area contributed by atoms with Gasteiger partial charge in [0.1, 0.15) is 0 Å². The van der Waals surface area contributed by atoms with Crippen molar-refractivity contribution in [1.82, 2.24) is 15.3 Å². The number of aromatic nitrogens is 2. The Kier molecular flexibility index (Phi) is 6.88. The van der Waals surface area contributed by atoms with E-state index in [9.17, 15) is 0 Å². The maximum atomic E-state index is 4.45. The third kappa shape index (κ3) is 4.73. The Morgan fingerprint density at radius 2 is 1.83 bits per heavy atom. The molecule has 2 unspecified atom stereocenters. The Labute approximate surface area is 111 Å². The van der Waals surface area contributed by atoms with Crippen LogP contribution in [0.4, 0.5) is 0 Å². The molecule has 0 bridgehead atoms. The predicted octanol–water partition coefficient (Wildman–Crippen LogP) is 3.79. The molecule has 0 aliphatic carbocycles. The molecule has 1 aromatic heterocycles. The summed E-state index contributed by atoms with van der Waals surface area (Å²) < 4.78 is 0. The zero-order valence-electron chi connectivity index (χ0n) is 12.2. The Morgan fingerprint density at radius 1 is 1.11 bits per heavy atom. The monoisotopic (exact) mass is 249 g/mol. The van der Waals surface area contributed by atoms with Gasteiger partial charge in [-0.1, -0.05) is 33.1 Å². The molecule has 0 saturated heterocycles. The summed E-state index contributed by atoms with van der Waals surface area (Å²) in [5, 5.41) is 3.71. The third-order valence-electron chi connectivity index (χ3n) is 3.36. The number of rotatable bonds is 8. The van der Waals surface area contributed by atoms with Gasteiger partial charge in [0, 0.05) is 24.5 Å². The zero-order chi connectivity index (χ0) is 13.4. The Balaban J connectivity index is 2.60. The number of unbranched alkanes of at least 4 members (excludes halogenated alkanes) is 1. The van der Waals surface area contributed by atoms with Crippen LogP contribution in [-0.2, 0) is 0 Å². The predicted molar refractivity (Wildman–Crippen MR) is 76.5 cm³/mol. The molecule has 0 spiro atoms. The largest absolute Gasteiger partial charge is 0.306 e. The van der Waals surface area contributed by atoms with E-state index < -0.39 is 0 Å². The van der Waals surface area contributed by atoms with Gasteiger partial charge in [-0.15, -0.1) is 0 Å². The van der Waals surface area contributed by atoms with Gasteiger partial charge in [0.2, 0.25) is 0 Å². The lowest BCUT2D eigenvalue weighted by Gasteiger charge is -2.23. The summed E-state index contributed by atoms with van der Waals surface area (Å²) in [6.07, 6.45) is 9.82. The van der Waals surface area contributed by atoms with Crippen LogP contribution in [-0.4, -0.2) is 16.0 Å². The number of nitrogens with one attached hydrogen (secondary N) is 1. The molecule has 102 valence electrons. The first-order valence-corrected chi connectivity index (χ1v) is 7.22. The second kappa shape index (κ2) is 8.20. The molecule has 2 atom stereocenters. The molecular formula is C15H27N3. The second-order valence-electron chi connectivity index (χ2n) is 5.04. The van der Waals surface area contributed by atoms with Crippen LogP contribution in [0, 0.1) is 6.92 Å². The van der Waals surface area contributed by atoms with Crippen LogP contribution in [0.1, 0.15) is 70.3 Å². The van der Waals surface area contributed by atoms with Crippen molar-refractivity contribution in [2.75, 3.05) is 0 Å². The summed E-state index contributed by atoms with van der Waals surface area (Å²) in [6.45, 7) is 8.71. The first-order valence-electron chi connectivity index (χ1n) is 7.22. The molecule has 1 aromatic rings. The first-order chi connectivity index (χ1) is 8.69. The minimum Gasteiger partial charge on any atom is -0.306 e. The van der Waals surface area contributed by atoms with E-state index in [1.807, 2.05) is 6.92 Å². The van der Waals surface area contributed by atoms with Gasteiger partial charge >= 0.3 is 0 Å². The summed E-state index contributed by atoms with van der Waals surface area (Å²) in [5.74, 6) is 0. The van der Waals surface area contributed by atoms with Crippen LogP contribution in [0.2, 0.25) is 0 Å². The van der Waals surface area contributed by atoms with Gasteiger partial charge in [-0.05, 0) is 26.7 Å². The Morgan fingerprint density at radius 3 is 2.44 bits per heavy atom. The van der Waals surface area contributed by atoms with Crippen molar-refractivity contribution in [3.05, 3.63) is 23.8 Å². The molecule has 0 fully saturated rings. The fourth-order valence-electron chi connectivity index (χ4n) is 2.39. The van der Waals surface area contributed by atoms with E-state index in [4.69, 9.17) is 0 Å². The van der Waals surface area contributed by atoms with Crippen LogP contribution in [0.15, 0.2) is 12.4 Å². The van der Waals surface area contributed by atoms with Crippen LogP contribution in [0.25, 0.3) is 0 Å². The summed E-state index contributed by atoms with van der Waals surface area (Å²) in [6, 6.07) is 0.887. The summed E-state index contributed by atoms with van der Waals surface area (Å²) in [5.41, 5.74) is 2.11. The lowest BCUT2D eigenvalue weighted by Crippen LogP contribution is -2.32. The van der Waals surface area contributed by atoms with E-state index in [-0.39, 0.29) is 6.04 Å². The van der Waals surface area contributed by atoms with Gasteiger partial charge in [0.15, 0.2) is 0 Å². The van der Waals surface area contributed by atoms with Gasteiger partial charge in [0.05, 0.1) is 11.4 Å². The minimum atomic E-state index is 0.284. The molecule has 0 aliphatic heterocycles. The lowest BCUT2D eigenvalue weighted by molar-refractivity contribution is 0.391. The van der Waals surface area contributed by atoms with E-state index in [2.05, 4.69) is 36.1 Å². The van der Waals surface area contributed by atoms with E-state index in [1.165, 1.54) is 32.1 Å². The molecule has 1 rings (SSSR count). The lowest BCUT2D eigenvalue weighted by atomic mass is 10.0. The van der Waals surface area contributed by atoms with Gasteiger partial charge in [-0.2, -0.15) is 0 Å². The van der Waals surface area contributed by atoms with Gasteiger partial charge < -0.3 is 5.32 Å². The van der Waals surface area contributed by atoms with Crippen molar-refractivity contribution in [1.29, 1.82) is 0 Å². The highest BCUT2D eigenvalue weighted by Gasteiger charge is 2.15. The van der Waals surface area contributed by atoms with E-state index in [1.54, 1.807) is 12.4 Å². The molecule has 0 aliphatic rings. The average molecular weight is 249 g/mol. The molecule has 1 heterocycles. The Bertz CT molecular complexity index is 338. The number of nitrogens with zero attached hydrogens (tertiary/aromatic N) is 2. The van der Waals surface area contributed by atoms with Crippen LogP contribution in [0.3, 0.4) is 0 Å². The van der Waals surface area contributed by atoms with E-state index in [0.717, 1.165) is 11.4 Å². The fourth-order valence-corrected chi connectivity index (χ4v) is 2.39. The van der Waals surface area contributed by atoms with Crippen molar-refractivity contribution >= 4 is 0 Å². The summed E-state index contributed by atoms with van der Waals surface area (Å²) >= 11 is 0. The van der Waals surface area contributed by atoms with Gasteiger partial charge in [-0.3, -0.25) is 9.97 Å². The number of hydrogen-bond donors (Lipinski definition) is 1. The summed E-state index contributed by atoms with van der Waals surface area (Å²) in [7, 11) is 0. The normalized spacial score (nSPS) is 14.4. The maximum Gasteiger partial charge on any atom is 0.0782 e. The van der Waals surface area contributed by atoms with Crippen LogP contribution >= 0.6 is 0 Å². The van der Waals surface area contributed by atoms with Crippen molar-refractivity contribution in [3.63, 3.8) is 0 Å².